The van der Waals surface area contributed by atoms with Gasteiger partial charge in [-0.25, -0.2) is 9.67 Å². The normalized spacial score (nSPS) is 16.1. The molecule has 0 fully saturated rings. The van der Waals surface area contributed by atoms with E-state index in [1.165, 1.54) is 12.7 Å². The highest BCUT2D eigenvalue weighted by molar-refractivity contribution is 5.38. The Hall–Kier alpha value is -1.92. The van der Waals surface area contributed by atoms with Crippen LogP contribution in [0, 0.1) is 5.92 Å². The van der Waals surface area contributed by atoms with Crippen LogP contribution >= 0.6 is 0 Å². The molecule has 2 unspecified atom stereocenters. The summed E-state index contributed by atoms with van der Waals surface area (Å²) >= 11 is 0. The topological polar surface area (TPSA) is 80.4 Å². The van der Waals surface area contributed by atoms with E-state index in [0.29, 0.717) is 11.3 Å². The van der Waals surface area contributed by atoms with Gasteiger partial charge in [-0.15, -0.1) is 0 Å². The van der Waals surface area contributed by atoms with Gasteiger partial charge in [0.15, 0.2) is 0 Å². The first-order valence-electron chi connectivity index (χ1n) is 7.19. The molecule has 0 spiro atoms. The van der Waals surface area contributed by atoms with E-state index >= 15 is 0 Å². The van der Waals surface area contributed by atoms with Gasteiger partial charge >= 0.3 is 0 Å². The number of hydrogen-bond donors (Lipinski definition) is 2. The number of ether oxygens (including phenoxy) is 1. The highest BCUT2D eigenvalue weighted by atomic mass is 16.5. The van der Waals surface area contributed by atoms with E-state index in [9.17, 15) is 10.2 Å². The molecule has 0 saturated heterocycles. The average Bonchev–Trinajstić information content (AvgIpc) is 2.98. The second-order valence-corrected chi connectivity index (χ2v) is 6.09. The van der Waals surface area contributed by atoms with Crippen LogP contribution in [0.2, 0.25) is 0 Å². The minimum Gasteiger partial charge on any atom is -0.496 e. The molecule has 6 nitrogen and oxygen atoms in total. The molecule has 120 valence electrons. The number of rotatable bonds is 6. The molecule has 0 bridgehead atoms. The smallest absolute Gasteiger partial charge is 0.137 e. The zero-order valence-electron chi connectivity index (χ0n) is 13.4. The van der Waals surface area contributed by atoms with Crippen LogP contribution in [0.15, 0.2) is 36.9 Å². The van der Waals surface area contributed by atoms with Crippen molar-refractivity contribution in [3.05, 3.63) is 42.5 Å². The lowest BCUT2D eigenvalue weighted by Gasteiger charge is -2.41. The number of methoxy groups -OCH3 is 1. The molecule has 0 aliphatic carbocycles. The van der Waals surface area contributed by atoms with Crippen molar-refractivity contribution in [1.82, 2.24) is 14.8 Å². The molecule has 0 aliphatic rings. The van der Waals surface area contributed by atoms with Gasteiger partial charge in [-0.1, -0.05) is 25.1 Å². The van der Waals surface area contributed by atoms with Crippen LogP contribution in [0.25, 0.3) is 0 Å². The van der Waals surface area contributed by atoms with Crippen molar-refractivity contribution >= 4 is 0 Å². The Bertz CT molecular complexity index is 607. The molecule has 1 aromatic heterocycles. The van der Waals surface area contributed by atoms with Crippen LogP contribution in [-0.4, -0.2) is 37.7 Å². The molecule has 2 aromatic rings. The number of para-hydroxylation sites is 1. The third kappa shape index (κ3) is 3.13. The number of nitrogens with zero attached hydrogens (tertiary/aromatic N) is 3. The second kappa shape index (κ2) is 6.06. The van der Waals surface area contributed by atoms with Crippen molar-refractivity contribution in [2.45, 2.75) is 38.5 Å². The lowest BCUT2D eigenvalue weighted by Crippen LogP contribution is -2.48. The summed E-state index contributed by atoms with van der Waals surface area (Å²) in [5.41, 5.74) is -1.84. The Balaban J connectivity index is 2.54. The van der Waals surface area contributed by atoms with Crippen molar-refractivity contribution in [3.63, 3.8) is 0 Å². The van der Waals surface area contributed by atoms with Crippen molar-refractivity contribution in [1.29, 1.82) is 0 Å². The van der Waals surface area contributed by atoms with E-state index in [1.54, 1.807) is 37.8 Å². The lowest BCUT2D eigenvalue weighted by atomic mass is 9.74. The van der Waals surface area contributed by atoms with Gasteiger partial charge in [0.25, 0.3) is 0 Å². The van der Waals surface area contributed by atoms with Crippen LogP contribution in [-0.2, 0) is 12.1 Å². The molecular weight excluding hydrogens is 282 g/mol. The first kappa shape index (κ1) is 16.5. The quantitative estimate of drug-likeness (QED) is 0.847. The Labute approximate surface area is 130 Å². The number of aliphatic hydroxyl groups is 2. The van der Waals surface area contributed by atoms with Gasteiger partial charge in [0.2, 0.25) is 0 Å². The Morgan fingerprint density at radius 1 is 1.27 bits per heavy atom. The number of hydrogen-bond acceptors (Lipinski definition) is 5. The molecule has 1 heterocycles. The molecule has 2 atom stereocenters. The van der Waals surface area contributed by atoms with E-state index in [4.69, 9.17) is 4.74 Å². The molecule has 0 saturated carbocycles. The summed E-state index contributed by atoms with van der Waals surface area (Å²) in [5, 5.41) is 25.9. The van der Waals surface area contributed by atoms with Gasteiger partial charge in [0, 0.05) is 11.5 Å². The summed E-state index contributed by atoms with van der Waals surface area (Å²) in [6.07, 6.45) is 2.95. The minimum absolute atomic E-state index is 0.165. The van der Waals surface area contributed by atoms with Gasteiger partial charge in [0.05, 0.1) is 19.3 Å². The van der Waals surface area contributed by atoms with E-state index < -0.39 is 17.1 Å². The lowest BCUT2D eigenvalue weighted by molar-refractivity contribution is -0.118. The van der Waals surface area contributed by atoms with Crippen molar-refractivity contribution in [2.24, 2.45) is 5.92 Å². The highest BCUT2D eigenvalue weighted by Gasteiger charge is 2.45. The summed E-state index contributed by atoms with van der Waals surface area (Å²) in [5.74, 6) is 0.0988. The van der Waals surface area contributed by atoms with Gasteiger partial charge in [-0.3, -0.25) is 0 Å². The number of aromatic nitrogens is 3. The largest absolute Gasteiger partial charge is 0.496 e. The standard InChI is InChI=1S/C16H23N3O3/c1-12(15(2,3)20)16(21,9-19-11-17-10-18-19)13-7-5-6-8-14(13)22-4/h5-8,10-12,20-21H,9H2,1-4H3. The Morgan fingerprint density at radius 3 is 2.50 bits per heavy atom. The molecule has 0 aliphatic heterocycles. The molecule has 0 amide bonds. The van der Waals surface area contributed by atoms with Crippen molar-refractivity contribution < 1.29 is 14.9 Å². The SMILES string of the molecule is COc1ccccc1C(O)(Cn1cncn1)C(C)C(C)(C)O. The van der Waals surface area contributed by atoms with E-state index in [-0.39, 0.29) is 6.54 Å². The summed E-state index contributed by atoms with van der Waals surface area (Å²) in [7, 11) is 1.56. The van der Waals surface area contributed by atoms with Gasteiger partial charge < -0.3 is 14.9 Å². The Kier molecular flexibility index (Phi) is 4.53. The molecule has 0 radical (unpaired) electrons. The summed E-state index contributed by atoms with van der Waals surface area (Å²) in [6, 6.07) is 7.27. The summed E-state index contributed by atoms with van der Waals surface area (Å²) < 4.78 is 6.94. The van der Waals surface area contributed by atoms with Crippen molar-refractivity contribution in [3.8, 4) is 5.75 Å². The number of benzene rings is 1. The molecule has 2 N–H and O–H groups in total. The molecule has 1 aromatic carbocycles. The third-order valence-corrected chi connectivity index (χ3v) is 4.22. The fourth-order valence-electron chi connectivity index (χ4n) is 2.60. The Morgan fingerprint density at radius 2 is 1.95 bits per heavy atom. The average molecular weight is 305 g/mol. The first-order chi connectivity index (χ1) is 10.3. The highest BCUT2D eigenvalue weighted by Crippen LogP contribution is 2.41. The maximum atomic E-state index is 11.4. The third-order valence-electron chi connectivity index (χ3n) is 4.22. The predicted molar refractivity (Wildman–Crippen MR) is 82.4 cm³/mol. The maximum absolute atomic E-state index is 11.4. The fourth-order valence-corrected chi connectivity index (χ4v) is 2.60. The zero-order chi connectivity index (χ0) is 16.4. The minimum atomic E-state index is -1.36. The monoisotopic (exact) mass is 305 g/mol. The van der Waals surface area contributed by atoms with Gasteiger partial charge in [-0.05, 0) is 19.9 Å². The first-order valence-corrected chi connectivity index (χ1v) is 7.19. The summed E-state index contributed by atoms with van der Waals surface area (Å²) in [6.45, 7) is 5.33. The maximum Gasteiger partial charge on any atom is 0.137 e. The van der Waals surface area contributed by atoms with Crippen LogP contribution in [0.1, 0.15) is 26.3 Å². The van der Waals surface area contributed by atoms with Gasteiger partial charge in [0.1, 0.15) is 24.0 Å². The van der Waals surface area contributed by atoms with E-state index in [1.807, 2.05) is 19.1 Å². The van der Waals surface area contributed by atoms with Crippen LogP contribution in [0.4, 0.5) is 0 Å². The predicted octanol–water partition coefficient (Wildman–Crippen LogP) is 1.58. The van der Waals surface area contributed by atoms with Crippen LogP contribution in [0.5, 0.6) is 5.75 Å². The molecule has 6 heteroatoms. The van der Waals surface area contributed by atoms with Gasteiger partial charge in [-0.2, -0.15) is 5.10 Å². The fraction of sp³-hybridized carbons (Fsp3) is 0.500. The molecule has 22 heavy (non-hydrogen) atoms. The molecular formula is C16H23N3O3. The van der Waals surface area contributed by atoms with Crippen LogP contribution in [0.3, 0.4) is 0 Å². The molecule has 2 rings (SSSR count). The van der Waals surface area contributed by atoms with E-state index in [0.717, 1.165) is 0 Å². The second-order valence-electron chi connectivity index (χ2n) is 6.09. The van der Waals surface area contributed by atoms with Crippen LogP contribution < -0.4 is 4.74 Å². The summed E-state index contributed by atoms with van der Waals surface area (Å²) in [4.78, 5) is 3.91. The zero-order valence-corrected chi connectivity index (χ0v) is 13.4. The van der Waals surface area contributed by atoms with E-state index in [2.05, 4.69) is 10.1 Å². The van der Waals surface area contributed by atoms with Crippen molar-refractivity contribution in [2.75, 3.05) is 7.11 Å².